The van der Waals surface area contributed by atoms with Crippen molar-refractivity contribution >= 4 is 52.1 Å². The molecule has 1 aliphatic heterocycles. The summed E-state index contributed by atoms with van der Waals surface area (Å²) in [5.41, 5.74) is 0.861. The van der Waals surface area contributed by atoms with Gasteiger partial charge >= 0.3 is 6.18 Å². The first-order valence-electron chi connectivity index (χ1n) is 5.67. The lowest BCUT2D eigenvalue weighted by molar-refractivity contribution is -0.186. The molecule has 0 unspecified atom stereocenters. The Hall–Kier alpha value is 0.470. The fourth-order valence-corrected chi connectivity index (χ4v) is 3.84. The first-order chi connectivity index (χ1) is 8.39. The average molecular weight is 416 g/mol. The van der Waals surface area contributed by atoms with Crippen LogP contribution >= 0.6 is 52.1 Å². The van der Waals surface area contributed by atoms with Crippen LogP contribution in [0, 0.1) is 6.92 Å². The fraction of sp³-hybridized carbons (Fsp3) is 0.636. The Labute approximate surface area is 141 Å². The van der Waals surface area contributed by atoms with Crippen molar-refractivity contribution in [1.29, 1.82) is 0 Å². The Bertz CT molecular complexity index is 403. The molecule has 1 aromatic rings. The molecule has 1 fully saturated rings. The summed E-state index contributed by atoms with van der Waals surface area (Å²) in [5, 5.41) is 3.07. The van der Waals surface area contributed by atoms with Crippen LogP contribution in [0.1, 0.15) is 16.5 Å². The van der Waals surface area contributed by atoms with Crippen molar-refractivity contribution in [2.75, 3.05) is 26.2 Å². The SMILES string of the molecule is Cc1cc([C@H](N2CCNCC2)C(F)(F)F)sc1Br.Cl.Cl. The lowest BCUT2D eigenvalue weighted by atomic mass is 10.1. The van der Waals surface area contributed by atoms with Crippen LogP contribution in [0.15, 0.2) is 9.85 Å². The molecule has 1 atom stereocenters. The van der Waals surface area contributed by atoms with Gasteiger partial charge in [-0.15, -0.1) is 36.2 Å². The second-order valence-electron chi connectivity index (χ2n) is 4.34. The van der Waals surface area contributed by atoms with Crippen molar-refractivity contribution in [3.63, 3.8) is 0 Å². The molecule has 9 heteroatoms. The quantitative estimate of drug-likeness (QED) is 0.779. The molecular weight excluding hydrogens is 400 g/mol. The molecule has 0 aromatic carbocycles. The molecule has 1 aromatic heterocycles. The highest BCUT2D eigenvalue weighted by atomic mass is 79.9. The zero-order valence-electron chi connectivity index (χ0n) is 10.7. The maximum Gasteiger partial charge on any atom is 0.408 e. The predicted octanol–water partition coefficient (Wildman–Crippen LogP) is 4.17. The number of nitrogens with one attached hydrogen (secondary N) is 1. The maximum atomic E-state index is 13.3. The van der Waals surface area contributed by atoms with E-state index in [1.807, 2.05) is 6.92 Å². The van der Waals surface area contributed by atoms with E-state index in [2.05, 4.69) is 21.2 Å². The minimum Gasteiger partial charge on any atom is -0.314 e. The highest BCUT2D eigenvalue weighted by Crippen LogP contribution is 2.42. The zero-order chi connectivity index (χ0) is 13.3. The number of alkyl halides is 3. The van der Waals surface area contributed by atoms with Gasteiger partial charge < -0.3 is 5.32 Å². The molecule has 118 valence electrons. The Kier molecular flexibility index (Phi) is 8.39. The number of aryl methyl sites for hydroxylation is 1. The van der Waals surface area contributed by atoms with E-state index in [0.29, 0.717) is 31.1 Å². The molecule has 0 saturated carbocycles. The standard InChI is InChI=1S/C11H14BrF3N2S.2ClH/c1-7-6-8(18-10(7)12)9(11(13,14)15)17-4-2-16-3-5-17;;/h6,9,16H,2-5H2,1H3;2*1H/t9-;;/m0../s1. The van der Waals surface area contributed by atoms with E-state index >= 15 is 0 Å². The van der Waals surface area contributed by atoms with E-state index in [1.165, 1.54) is 16.2 Å². The minimum absolute atomic E-state index is 0. The number of halogens is 6. The summed E-state index contributed by atoms with van der Waals surface area (Å²) >= 11 is 4.47. The molecule has 1 N–H and O–H groups in total. The van der Waals surface area contributed by atoms with E-state index in [0.717, 1.165) is 9.35 Å². The van der Waals surface area contributed by atoms with Crippen LogP contribution in [0.4, 0.5) is 13.2 Å². The van der Waals surface area contributed by atoms with E-state index in [9.17, 15) is 13.2 Å². The Balaban J connectivity index is 0.00000180. The van der Waals surface area contributed by atoms with Gasteiger partial charge in [0.25, 0.3) is 0 Å². The predicted molar refractivity (Wildman–Crippen MR) is 84.5 cm³/mol. The Morgan fingerprint density at radius 3 is 2.25 bits per heavy atom. The van der Waals surface area contributed by atoms with Gasteiger partial charge in [0.2, 0.25) is 0 Å². The molecule has 1 aliphatic rings. The number of hydrogen-bond donors (Lipinski definition) is 1. The van der Waals surface area contributed by atoms with Crippen molar-refractivity contribution in [3.05, 3.63) is 20.3 Å². The number of thiophene rings is 1. The third-order valence-electron chi connectivity index (χ3n) is 2.97. The van der Waals surface area contributed by atoms with Crippen LogP contribution in [0.5, 0.6) is 0 Å². The molecular formula is C11H16BrCl2F3N2S. The highest BCUT2D eigenvalue weighted by molar-refractivity contribution is 9.11. The molecule has 2 heterocycles. The summed E-state index contributed by atoms with van der Waals surface area (Å²) in [6.07, 6.45) is -4.23. The number of piperazine rings is 1. The van der Waals surface area contributed by atoms with Gasteiger partial charge in [-0.2, -0.15) is 13.2 Å². The van der Waals surface area contributed by atoms with Gasteiger partial charge in [0.15, 0.2) is 0 Å². The van der Waals surface area contributed by atoms with Crippen LogP contribution in [0.3, 0.4) is 0 Å². The second kappa shape index (κ2) is 8.19. The maximum absolute atomic E-state index is 13.3. The largest absolute Gasteiger partial charge is 0.408 e. The summed E-state index contributed by atoms with van der Waals surface area (Å²) in [5.74, 6) is 0. The van der Waals surface area contributed by atoms with Gasteiger partial charge in [-0.3, -0.25) is 4.90 Å². The fourth-order valence-electron chi connectivity index (χ4n) is 2.11. The van der Waals surface area contributed by atoms with Crippen LogP contribution in [0.2, 0.25) is 0 Å². The lowest BCUT2D eigenvalue weighted by Crippen LogP contribution is -2.48. The van der Waals surface area contributed by atoms with E-state index in [4.69, 9.17) is 0 Å². The summed E-state index contributed by atoms with van der Waals surface area (Å²) < 4.78 is 40.6. The van der Waals surface area contributed by atoms with E-state index < -0.39 is 12.2 Å². The Morgan fingerprint density at radius 2 is 1.85 bits per heavy atom. The molecule has 0 amide bonds. The molecule has 0 radical (unpaired) electrons. The highest BCUT2D eigenvalue weighted by Gasteiger charge is 2.45. The van der Waals surface area contributed by atoms with Crippen molar-refractivity contribution in [3.8, 4) is 0 Å². The van der Waals surface area contributed by atoms with Crippen molar-refractivity contribution in [2.24, 2.45) is 0 Å². The van der Waals surface area contributed by atoms with Crippen LogP contribution in [-0.4, -0.2) is 37.3 Å². The van der Waals surface area contributed by atoms with Crippen molar-refractivity contribution < 1.29 is 13.2 Å². The number of nitrogens with zero attached hydrogens (tertiary/aromatic N) is 1. The molecule has 0 aliphatic carbocycles. The topological polar surface area (TPSA) is 15.3 Å². The van der Waals surface area contributed by atoms with E-state index in [1.54, 1.807) is 6.07 Å². The smallest absolute Gasteiger partial charge is 0.314 e. The third kappa shape index (κ3) is 4.74. The third-order valence-corrected chi connectivity index (χ3v) is 5.16. The summed E-state index contributed by atoms with van der Waals surface area (Å²) in [6, 6.07) is 0.157. The molecule has 2 rings (SSSR count). The Morgan fingerprint density at radius 1 is 1.30 bits per heavy atom. The molecule has 2 nitrogen and oxygen atoms in total. The molecule has 0 spiro atoms. The van der Waals surface area contributed by atoms with Gasteiger partial charge in [-0.25, -0.2) is 0 Å². The van der Waals surface area contributed by atoms with Gasteiger partial charge in [-0.1, -0.05) is 0 Å². The summed E-state index contributed by atoms with van der Waals surface area (Å²) in [7, 11) is 0. The van der Waals surface area contributed by atoms with Crippen molar-refractivity contribution in [1.82, 2.24) is 10.2 Å². The lowest BCUT2D eigenvalue weighted by Gasteiger charge is -2.35. The van der Waals surface area contributed by atoms with Gasteiger partial charge in [0.05, 0.1) is 3.79 Å². The zero-order valence-corrected chi connectivity index (χ0v) is 14.7. The summed E-state index contributed by atoms with van der Waals surface area (Å²) in [6.45, 7) is 3.89. The van der Waals surface area contributed by atoms with Crippen molar-refractivity contribution in [2.45, 2.75) is 19.1 Å². The minimum atomic E-state index is -4.23. The van der Waals surface area contributed by atoms with Crippen LogP contribution < -0.4 is 5.32 Å². The monoisotopic (exact) mass is 414 g/mol. The normalized spacial score (nSPS) is 18.1. The van der Waals surface area contributed by atoms with Gasteiger partial charge in [0.1, 0.15) is 6.04 Å². The number of hydrogen-bond acceptors (Lipinski definition) is 3. The van der Waals surface area contributed by atoms with Crippen LogP contribution in [0.25, 0.3) is 0 Å². The molecule has 20 heavy (non-hydrogen) atoms. The van der Waals surface area contributed by atoms with E-state index in [-0.39, 0.29) is 24.8 Å². The first-order valence-corrected chi connectivity index (χ1v) is 7.28. The number of rotatable bonds is 2. The first kappa shape index (κ1) is 20.5. The molecule has 1 saturated heterocycles. The van der Waals surface area contributed by atoms with Gasteiger partial charge in [-0.05, 0) is 34.5 Å². The summed E-state index contributed by atoms with van der Waals surface area (Å²) in [4.78, 5) is 1.88. The second-order valence-corrected chi connectivity index (χ2v) is 6.74. The average Bonchev–Trinajstić information content (AvgIpc) is 2.58. The van der Waals surface area contributed by atoms with Gasteiger partial charge in [0, 0.05) is 31.1 Å². The molecule has 0 bridgehead atoms. The van der Waals surface area contributed by atoms with Crippen LogP contribution in [-0.2, 0) is 0 Å².